The van der Waals surface area contributed by atoms with Gasteiger partial charge >= 0.3 is 0 Å². The maximum Gasteiger partial charge on any atom is 0.243 e. The van der Waals surface area contributed by atoms with E-state index in [-0.39, 0.29) is 10.9 Å². The summed E-state index contributed by atoms with van der Waals surface area (Å²) in [5, 5.41) is 3.29. The van der Waals surface area contributed by atoms with E-state index < -0.39 is 10.0 Å². The molecule has 0 radical (unpaired) electrons. The Bertz CT molecular complexity index is 883. The standard InChI is InChI=1S/C19H24N2O4S/c1-14-12-15(8-9-18(14)24-2)26(22,23)21-11-10-20-13-17(21)16-6-4-5-7-19(16)25-3/h4-9,12,17,20H,10-11,13H2,1-3H3. The van der Waals surface area contributed by atoms with Gasteiger partial charge in [-0.1, -0.05) is 18.2 Å². The van der Waals surface area contributed by atoms with Crippen molar-refractivity contribution >= 4 is 10.0 Å². The molecule has 1 aliphatic rings. The highest BCUT2D eigenvalue weighted by molar-refractivity contribution is 7.89. The third-order valence-corrected chi connectivity index (χ3v) is 6.57. The molecule has 6 nitrogen and oxygen atoms in total. The molecule has 0 aliphatic carbocycles. The molecule has 7 heteroatoms. The molecule has 140 valence electrons. The van der Waals surface area contributed by atoms with Crippen molar-refractivity contribution in [3.8, 4) is 11.5 Å². The van der Waals surface area contributed by atoms with E-state index in [0.717, 1.165) is 11.1 Å². The lowest BCUT2D eigenvalue weighted by Crippen LogP contribution is -2.48. The number of ether oxygens (including phenoxy) is 2. The predicted octanol–water partition coefficient (Wildman–Crippen LogP) is 2.35. The molecular formula is C19H24N2O4S. The SMILES string of the molecule is COc1ccc(S(=O)(=O)N2CCNCC2c2ccccc2OC)cc1C. The molecule has 2 aromatic carbocycles. The summed E-state index contributed by atoms with van der Waals surface area (Å²) in [6, 6.07) is 12.2. The van der Waals surface area contributed by atoms with E-state index in [1.54, 1.807) is 36.7 Å². The summed E-state index contributed by atoms with van der Waals surface area (Å²) in [5.41, 5.74) is 1.65. The highest BCUT2D eigenvalue weighted by Gasteiger charge is 2.35. The van der Waals surface area contributed by atoms with Crippen LogP contribution in [-0.2, 0) is 10.0 Å². The summed E-state index contributed by atoms with van der Waals surface area (Å²) in [5.74, 6) is 1.36. The minimum atomic E-state index is -3.65. The van der Waals surface area contributed by atoms with Gasteiger partial charge in [-0.25, -0.2) is 8.42 Å². The number of piperazine rings is 1. The van der Waals surface area contributed by atoms with Gasteiger partial charge in [0.15, 0.2) is 0 Å². The fourth-order valence-corrected chi connectivity index (χ4v) is 5.02. The van der Waals surface area contributed by atoms with Crippen LogP contribution in [0.15, 0.2) is 47.4 Å². The number of aryl methyl sites for hydroxylation is 1. The van der Waals surface area contributed by atoms with E-state index in [0.29, 0.717) is 31.1 Å². The van der Waals surface area contributed by atoms with Crippen LogP contribution in [0.3, 0.4) is 0 Å². The lowest BCUT2D eigenvalue weighted by Gasteiger charge is -2.36. The molecule has 1 atom stereocenters. The summed E-state index contributed by atoms with van der Waals surface area (Å²) < 4.78 is 38.9. The molecule has 0 amide bonds. The summed E-state index contributed by atoms with van der Waals surface area (Å²) in [6.45, 7) is 3.39. The van der Waals surface area contributed by atoms with E-state index >= 15 is 0 Å². The fourth-order valence-electron chi connectivity index (χ4n) is 3.33. The van der Waals surface area contributed by atoms with Crippen LogP contribution in [0.2, 0.25) is 0 Å². The van der Waals surface area contributed by atoms with Crippen molar-refractivity contribution in [1.82, 2.24) is 9.62 Å². The first-order valence-electron chi connectivity index (χ1n) is 8.49. The average Bonchev–Trinajstić information content (AvgIpc) is 2.67. The molecule has 3 rings (SSSR count). The van der Waals surface area contributed by atoms with Crippen molar-refractivity contribution in [2.45, 2.75) is 17.9 Å². The molecule has 2 aromatic rings. The Labute approximate surface area is 154 Å². The second kappa shape index (κ2) is 7.65. The molecule has 26 heavy (non-hydrogen) atoms. The second-order valence-electron chi connectivity index (χ2n) is 6.21. The largest absolute Gasteiger partial charge is 0.496 e. The number of rotatable bonds is 5. The molecule has 0 aromatic heterocycles. The zero-order valence-electron chi connectivity index (χ0n) is 15.2. The van der Waals surface area contributed by atoms with E-state index in [4.69, 9.17) is 9.47 Å². The van der Waals surface area contributed by atoms with Crippen LogP contribution in [0.1, 0.15) is 17.2 Å². The van der Waals surface area contributed by atoms with Crippen LogP contribution in [0.5, 0.6) is 11.5 Å². The van der Waals surface area contributed by atoms with Crippen LogP contribution >= 0.6 is 0 Å². The Balaban J connectivity index is 2.02. The van der Waals surface area contributed by atoms with Gasteiger partial charge in [-0.3, -0.25) is 0 Å². The Morgan fingerprint density at radius 1 is 1.08 bits per heavy atom. The Morgan fingerprint density at radius 2 is 1.81 bits per heavy atom. The summed E-state index contributed by atoms with van der Waals surface area (Å²) >= 11 is 0. The molecule has 0 saturated carbocycles. The van der Waals surface area contributed by atoms with Gasteiger partial charge in [-0.05, 0) is 36.8 Å². The van der Waals surface area contributed by atoms with E-state index in [2.05, 4.69) is 5.32 Å². The normalized spacial score (nSPS) is 18.5. The number of para-hydroxylation sites is 1. The van der Waals surface area contributed by atoms with Crippen molar-refractivity contribution in [3.63, 3.8) is 0 Å². The summed E-state index contributed by atoms with van der Waals surface area (Å²) in [4.78, 5) is 0.276. The molecule has 1 N–H and O–H groups in total. The number of sulfonamides is 1. The van der Waals surface area contributed by atoms with Crippen LogP contribution in [0.4, 0.5) is 0 Å². The molecule has 1 fully saturated rings. The molecular weight excluding hydrogens is 352 g/mol. The monoisotopic (exact) mass is 376 g/mol. The second-order valence-corrected chi connectivity index (χ2v) is 8.10. The summed E-state index contributed by atoms with van der Waals surface area (Å²) in [7, 11) is -0.478. The number of hydrogen-bond donors (Lipinski definition) is 1. The first-order chi connectivity index (χ1) is 12.5. The minimum absolute atomic E-state index is 0.276. The smallest absolute Gasteiger partial charge is 0.243 e. The number of nitrogens with one attached hydrogen (secondary N) is 1. The van der Waals surface area contributed by atoms with E-state index in [1.165, 1.54) is 0 Å². The zero-order chi connectivity index (χ0) is 18.7. The third-order valence-electron chi connectivity index (χ3n) is 4.67. The van der Waals surface area contributed by atoms with Gasteiger partial charge in [0.1, 0.15) is 11.5 Å². The number of methoxy groups -OCH3 is 2. The van der Waals surface area contributed by atoms with Crippen molar-refractivity contribution in [2.24, 2.45) is 0 Å². The van der Waals surface area contributed by atoms with Gasteiger partial charge in [-0.2, -0.15) is 4.31 Å². The van der Waals surface area contributed by atoms with E-state index in [1.807, 2.05) is 31.2 Å². The van der Waals surface area contributed by atoms with E-state index in [9.17, 15) is 8.42 Å². The minimum Gasteiger partial charge on any atom is -0.496 e. The van der Waals surface area contributed by atoms with Crippen molar-refractivity contribution in [1.29, 1.82) is 0 Å². The number of nitrogens with zero attached hydrogens (tertiary/aromatic N) is 1. The Kier molecular flexibility index (Phi) is 5.50. The van der Waals surface area contributed by atoms with Crippen LogP contribution in [0, 0.1) is 6.92 Å². The number of benzene rings is 2. The van der Waals surface area contributed by atoms with Gasteiger partial charge in [0, 0.05) is 25.2 Å². The van der Waals surface area contributed by atoms with Gasteiger partial charge in [0.25, 0.3) is 0 Å². The Morgan fingerprint density at radius 3 is 2.50 bits per heavy atom. The van der Waals surface area contributed by atoms with Gasteiger partial charge in [0.2, 0.25) is 10.0 Å². The maximum atomic E-state index is 13.3. The molecule has 1 unspecified atom stereocenters. The van der Waals surface area contributed by atoms with Crippen molar-refractivity contribution in [3.05, 3.63) is 53.6 Å². The molecule has 1 saturated heterocycles. The lowest BCUT2D eigenvalue weighted by atomic mass is 10.0. The van der Waals surface area contributed by atoms with Gasteiger partial charge in [0.05, 0.1) is 25.2 Å². The maximum absolute atomic E-state index is 13.3. The van der Waals surface area contributed by atoms with Crippen LogP contribution in [0.25, 0.3) is 0 Å². The van der Waals surface area contributed by atoms with Crippen molar-refractivity contribution < 1.29 is 17.9 Å². The highest BCUT2D eigenvalue weighted by atomic mass is 32.2. The topological polar surface area (TPSA) is 67.9 Å². The number of hydrogen-bond acceptors (Lipinski definition) is 5. The molecule has 1 heterocycles. The predicted molar refractivity (Wildman–Crippen MR) is 100 cm³/mol. The fraction of sp³-hybridized carbons (Fsp3) is 0.368. The van der Waals surface area contributed by atoms with Crippen molar-refractivity contribution in [2.75, 3.05) is 33.9 Å². The molecule has 1 aliphatic heterocycles. The Hall–Kier alpha value is -2.09. The summed E-state index contributed by atoms with van der Waals surface area (Å²) in [6.07, 6.45) is 0. The lowest BCUT2D eigenvalue weighted by molar-refractivity contribution is 0.264. The quantitative estimate of drug-likeness (QED) is 0.868. The average molecular weight is 376 g/mol. The van der Waals surface area contributed by atoms with Crippen LogP contribution in [-0.4, -0.2) is 46.6 Å². The highest BCUT2D eigenvalue weighted by Crippen LogP contribution is 2.34. The van der Waals surface area contributed by atoms with Gasteiger partial charge < -0.3 is 14.8 Å². The van der Waals surface area contributed by atoms with Gasteiger partial charge in [-0.15, -0.1) is 0 Å². The zero-order valence-corrected chi connectivity index (χ0v) is 16.0. The third kappa shape index (κ3) is 3.42. The molecule has 0 spiro atoms. The van der Waals surface area contributed by atoms with Crippen LogP contribution < -0.4 is 14.8 Å². The molecule has 0 bridgehead atoms. The first-order valence-corrected chi connectivity index (χ1v) is 9.93. The first kappa shape index (κ1) is 18.7.